The summed E-state index contributed by atoms with van der Waals surface area (Å²) in [5, 5.41) is 0. The van der Waals surface area contributed by atoms with Gasteiger partial charge in [-0.2, -0.15) is 0 Å². The van der Waals surface area contributed by atoms with Crippen LogP contribution < -0.4 is 0 Å². The van der Waals surface area contributed by atoms with Crippen molar-refractivity contribution in [1.82, 2.24) is 15.0 Å². The molecule has 4 nitrogen and oxygen atoms in total. The molecular formula is C12H11N3O. The number of aromatic amines is 1. The number of fused-ring (bicyclic) bond motifs is 1. The second-order valence-electron chi connectivity index (χ2n) is 3.84. The van der Waals surface area contributed by atoms with Crippen LogP contribution in [-0.2, 0) is 0 Å². The fraction of sp³-hybridized carbons (Fsp3) is 0.167. The number of pyridine rings is 1. The molecule has 0 radical (unpaired) electrons. The Bertz CT molecular complexity index is 638. The van der Waals surface area contributed by atoms with E-state index in [4.69, 9.17) is 4.42 Å². The molecule has 3 aromatic rings. The molecule has 3 rings (SSSR count). The van der Waals surface area contributed by atoms with Gasteiger partial charge in [-0.15, -0.1) is 0 Å². The van der Waals surface area contributed by atoms with Crippen LogP contribution in [0.5, 0.6) is 0 Å². The Labute approximate surface area is 92.3 Å². The van der Waals surface area contributed by atoms with Crippen LogP contribution in [0.15, 0.2) is 28.9 Å². The highest BCUT2D eigenvalue weighted by Gasteiger charge is 2.10. The van der Waals surface area contributed by atoms with Gasteiger partial charge in [0, 0.05) is 5.69 Å². The topological polar surface area (TPSA) is 54.7 Å². The molecular weight excluding hydrogens is 202 g/mol. The molecule has 16 heavy (non-hydrogen) atoms. The number of nitrogens with zero attached hydrogens (tertiary/aromatic N) is 2. The molecule has 0 aliphatic carbocycles. The van der Waals surface area contributed by atoms with Gasteiger partial charge in [0.15, 0.2) is 17.2 Å². The number of hydrogen-bond donors (Lipinski definition) is 1. The number of H-pyrrole nitrogens is 1. The fourth-order valence-electron chi connectivity index (χ4n) is 1.83. The van der Waals surface area contributed by atoms with Crippen LogP contribution >= 0.6 is 0 Å². The zero-order valence-corrected chi connectivity index (χ0v) is 9.11. The van der Waals surface area contributed by atoms with Crippen LogP contribution in [0.3, 0.4) is 0 Å². The highest BCUT2D eigenvalue weighted by molar-refractivity contribution is 5.78. The van der Waals surface area contributed by atoms with E-state index >= 15 is 0 Å². The van der Waals surface area contributed by atoms with Gasteiger partial charge in [0.2, 0.25) is 0 Å². The normalized spacial score (nSPS) is 11.1. The van der Waals surface area contributed by atoms with Crippen molar-refractivity contribution in [2.45, 2.75) is 13.8 Å². The van der Waals surface area contributed by atoms with Gasteiger partial charge in [-0.05, 0) is 37.6 Å². The third-order valence-corrected chi connectivity index (χ3v) is 2.54. The molecule has 0 saturated heterocycles. The van der Waals surface area contributed by atoms with Crippen molar-refractivity contribution < 1.29 is 4.42 Å². The predicted molar refractivity (Wildman–Crippen MR) is 61.1 cm³/mol. The first kappa shape index (κ1) is 9.15. The predicted octanol–water partition coefficient (Wildman–Crippen LogP) is 2.83. The lowest BCUT2D eigenvalue weighted by atomic mass is 10.2. The summed E-state index contributed by atoms with van der Waals surface area (Å²) in [6, 6.07) is 5.75. The zero-order valence-electron chi connectivity index (χ0n) is 9.11. The minimum Gasteiger partial charge on any atom is -0.461 e. The number of aryl methyl sites for hydroxylation is 2. The minimum absolute atomic E-state index is 0.723. The van der Waals surface area contributed by atoms with Crippen molar-refractivity contribution in [2.75, 3.05) is 0 Å². The lowest BCUT2D eigenvalue weighted by Crippen LogP contribution is -1.85. The third-order valence-electron chi connectivity index (χ3n) is 2.54. The van der Waals surface area contributed by atoms with E-state index in [1.165, 1.54) is 0 Å². The monoisotopic (exact) mass is 213 g/mol. The molecule has 0 bridgehead atoms. The Morgan fingerprint density at radius 1 is 1.25 bits per heavy atom. The highest BCUT2D eigenvalue weighted by atomic mass is 16.3. The molecule has 0 aliphatic heterocycles. The standard InChI is InChI=1S/C12H11N3O/c1-7-6-8(2)13-12-10(7)14-11(15-12)9-4-3-5-16-9/h3-6H,1-2H3,(H,13,14,15). The van der Waals surface area contributed by atoms with Crippen molar-refractivity contribution in [2.24, 2.45) is 0 Å². The van der Waals surface area contributed by atoms with Gasteiger partial charge < -0.3 is 9.40 Å². The Morgan fingerprint density at radius 2 is 2.12 bits per heavy atom. The molecule has 4 heteroatoms. The number of rotatable bonds is 1. The molecule has 0 atom stereocenters. The van der Waals surface area contributed by atoms with Crippen LogP contribution in [0.2, 0.25) is 0 Å². The van der Waals surface area contributed by atoms with Crippen molar-refractivity contribution in [3.8, 4) is 11.6 Å². The van der Waals surface area contributed by atoms with Crippen LogP contribution in [0.25, 0.3) is 22.7 Å². The Balaban J connectivity index is 2.27. The summed E-state index contributed by atoms with van der Waals surface area (Å²) >= 11 is 0. The van der Waals surface area contributed by atoms with E-state index in [2.05, 4.69) is 15.0 Å². The molecule has 0 unspecified atom stereocenters. The van der Waals surface area contributed by atoms with Gasteiger partial charge in [-0.3, -0.25) is 0 Å². The van der Waals surface area contributed by atoms with Crippen LogP contribution in [-0.4, -0.2) is 15.0 Å². The summed E-state index contributed by atoms with van der Waals surface area (Å²) in [6.45, 7) is 4.01. The molecule has 0 aromatic carbocycles. The second-order valence-corrected chi connectivity index (χ2v) is 3.84. The smallest absolute Gasteiger partial charge is 0.178 e. The summed E-state index contributed by atoms with van der Waals surface area (Å²) in [5.41, 5.74) is 3.83. The maximum Gasteiger partial charge on any atom is 0.178 e. The van der Waals surface area contributed by atoms with E-state index in [-0.39, 0.29) is 0 Å². The second kappa shape index (κ2) is 3.20. The molecule has 80 valence electrons. The molecule has 0 fully saturated rings. The SMILES string of the molecule is Cc1cc(C)c2[nH]c(-c3ccco3)nc2n1. The average molecular weight is 213 g/mol. The average Bonchev–Trinajstić information content (AvgIpc) is 2.82. The first-order valence-corrected chi connectivity index (χ1v) is 5.12. The summed E-state index contributed by atoms with van der Waals surface area (Å²) in [5.74, 6) is 1.45. The van der Waals surface area contributed by atoms with Crippen LogP contribution in [0, 0.1) is 13.8 Å². The first-order valence-electron chi connectivity index (χ1n) is 5.12. The molecule has 3 aromatic heterocycles. The van der Waals surface area contributed by atoms with E-state index in [0.717, 1.165) is 34.0 Å². The Hall–Kier alpha value is -2.10. The third kappa shape index (κ3) is 1.31. The van der Waals surface area contributed by atoms with Crippen molar-refractivity contribution in [1.29, 1.82) is 0 Å². The van der Waals surface area contributed by atoms with E-state index in [1.807, 2.05) is 32.0 Å². The van der Waals surface area contributed by atoms with Crippen LogP contribution in [0.1, 0.15) is 11.3 Å². The lowest BCUT2D eigenvalue weighted by Gasteiger charge is -1.95. The largest absolute Gasteiger partial charge is 0.461 e. The number of imidazole rings is 1. The lowest BCUT2D eigenvalue weighted by molar-refractivity contribution is 0.578. The maximum absolute atomic E-state index is 5.30. The summed E-state index contributed by atoms with van der Waals surface area (Å²) < 4.78 is 5.30. The van der Waals surface area contributed by atoms with Crippen molar-refractivity contribution >= 4 is 11.2 Å². The Kier molecular flexibility index (Phi) is 1.83. The van der Waals surface area contributed by atoms with E-state index in [9.17, 15) is 0 Å². The van der Waals surface area contributed by atoms with Crippen molar-refractivity contribution in [3.05, 3.63) is 35.7 Å². The van der Waals surface area contributed by atoms with Gasteiger partial charge in [0.25, 0.3) is 0 Å². The number of furan rings is 1. The summed E-state index contributed by atoms with van der Waals surface area (Å²) in [6.07, 6.45) is 1.63. The molecule has 0 aliphatic rings. The quantitative estimate of drug-likeness (QED) is 0.676. The van der Waals surface area contributed by atoms with Gasteiger partial charge >= 0.3 is 0 Å². The van der Waals surface area contributed by atoms with Gasteiger partial charge in [0.05, 0.1) is 11.8 Å². The van der Waals surface area contributed by atoms with E-state index < -0.39 is 0 Å². The number of aromatic nitrogens is 3. The molecule has 0 spiro atoms. The number of nitrogens with one attached hydrogen (secondary N) is 1. The van der Waals surface area contributed by atoms with Gasteiger partial charge in [-0.25, -0.2) is 9.97 Å². The first-order chi connectivity index (χ1) is 7.74. The molecule has 0 amide bonds. The Morgan fingerprint density at radius 3 is 2.88 bits per heavy atom. The zero-order chi connectivity index (χ0) is 11.1. The molecule has 0 saturated carbocycles. The summed E-state index contributed by atoms with van der Waals surface area (Å²) in [4.78, 5) is 12.0. The molecule has 3 heterocycles. The van der Waals surface area contributed by atoms with E-state index in [0.29, 0.717) is 0 Å². The fourth-order valence-corrected chi connectivity index (χ4v) is 1.83. The summed E-state index contributed by atoms with van der Waals surface area (Å²) in [7, 11) is 0. The van der Waals surface area contributed by atoms with Crippen molar-refractivity contribution in [3.63, 3.8) is 0 Å². The number of hydrogen-bond acceptors (Lipinski definition) is 3. The van der Waals surface area contributed by atoms with E-state index in [1.54, 1.807) is 6.26 Å². The molecule has 1 N–H and O–H groups in total. The van der Waals surface area contributed by atoms with Gasteiger partial charge in [0.1, 0.15) is 0 Å². The van der Waals surface area contributed by atoms with Crippen LogP contribution in [0.4, 0.5) is 0 Å². The van der Waals surface area contributed by atoms with Gasteiger partial charge in [-0.1, -0.05) is 0 Å². The minimum atomic E-state index is 0.723. The highest BCUT2D eigenvalue weighted by Crippen LogP contribution is 2.22. The maximum atomic E-state index is 5.30.